The average molecular weight is 287 g/mol. The summed E-state index contributed by atoms with van der Waals surface area (Å²) in [5.74, 6) is -0.731. The van der Waals surface area contributed by atoms with Crippen LogP contribution < -0.4 is 5.32 Å². The molecule has 0 aliphatic heterocycles. The Morgan fingerprint density at radius 1 is 1.00 bits per heavy atom. The van der Waals surface area contributed by atoms with E-state index in [1.54, 1.807) is 0 Å². The number of hydrogen-bond acceptors (Lipinski definition) is 4. The van der Waals surface area contributed by atoms with E-state index < -0.39 is 11.6 Å². The summed E-state index contributed by atoms with van der Waals surface area (Å²) in [6.07, 6.45) is 1.26. The Balaban J connectivity index is 1.68. The number of nitrogens with zero attached hydrogens (tertiary/aromatic N) is 2. The highest BCUT2D eigenvalue weighted by molar-refractivity contribution is 5.58. The van der Waals surface area contributed by atoms with Crippen LogP contribution in [0.1, 0.15) is 5.56 Å². The van der Waals surface area contributed by atoms with Crippen molar-refractivity contribution in [3.8, 4) is 11.5 Å². The lowest BCUT2D eigenvalue weighted by Gasteiger charge is -2.07. The molecule has 6 heteroatoms. The number of rotatable bonds is 4. The maximum atomic E-state index is 13.1. The number of aromatic nitrogens is 2. The highest BCUT2D eigenvalue weighted by Crippen LogP contribution is 2.19. The molecule has 3 aromatic rings. The fraction of sp³-hybridized carbons (Fsp3) is 0.0667. The van der Waals surface area contributed by atoms with Gasteiger partial charge in [-0.1, -0.05) is 0 Å². The molecule has 0 atom stereocenters. The van der Waals surface area contributed by atoms with Crippen LogP contribution in [-0.4, -0.2) is 10.2 Å². The van der Waals surface area contributed by atoms with Crippen molar-refractivity contribution >= 4 is 5.69 Å². The van der Waals surface area contributed by atoms with Crippen LogP contribution in [0.2, 0.25) is 0 Å². The molecule has 0 bridgehead atoms. The zero-order chi connectivity index (χ0) is 14.7. The van der Waals surface area contributed by atoms with E-state index in [1.807, 2.05) is 24.3 Å². The molecule has 1 heterocycles. The van der Waals surface area contributed by atoms with Crippen molar-refractivity contribution in [3.63, 3.8) is 0 Å². The van der Waals surface area contributed by atoms with Crippen molar-refractivity contribution < 1.29 is 13.2 Å². The quantitative estimate of drug-likeness (QED) is 0.796. The molecule has 0 saturated carbocycles. The predicted octanol–water partition coefficient (Wildman–Crippen LogP) is 3.63. The molecule has 0 radical (unpaired) electrons. The lowest BCUT2D eigenvalue weighted by molar-refractivity contribution is 0.568. The third-order valence-electron chi connectivity index (χ3n) is 2.91. The van der Waals surface area contributed by atoms with E-state index in [0.717, 1.165) is 17.3 Å². The molecule has 0 aliphatic carbocycles. The molecule has 21 heavy (non-hydrogen) atoms. The maximum Gasteiger partial charge on any atom is 0.247 e. The monoisotopic (exact) mass is 287 g/mol. The lowest BCUT2D eigenvalue weighted by atomic mass is 10.2. The normalized spacial score (nSPS) is 10.6. The molecule has 3 rings (SSSR count). The molecule has 106 valence electrons. The highest BCUT2D eigenvalue weighted by Gasteiger charge is 2.04. The topological polar surface area (TPSA) is 51.0 Å². The van der Waals surface area contributed by atoms with Gasteiger partial charge >= 0.3 is 0 Å². The summed E-state index contributed by atoms with van der Waals surface area (Å²) in [5, 5.41) is 10.5. The van der Waals surface area contributed by atoms with Crippen LogP contribution in [0, 0.1) is 11.6 Å². The van der Waals surface area contributed by atoms with Gasteiger partial charge in [-0.15, -0.1) is 10.2 Å². The minimum absolute atomic E-state index is 0.328. The van der Waals surface area contributed by atoms with Crippen LogP contribution in [0.4, 0.5) is 14.5 Å². The lowest BCUT2D eigenvalue weighted by Crippen LogP contribution is -2.00. The second-order valence-electron chi connectivity index (χ2n) is 4.45. The van der Waals surface area contributed by atoms with E-state index >= 15 is 0 Å². The first-order chi connectivity index (χ1) is 10.2. The first-order valence-electron chi connectivity index (χ1n) is 6.26. The summed E-state index contributed by atoms with van der Waals surface area (Å²) in [7, 11) is 0. The van der Waals surface area contributed by atoms with E-state index in [0.29, 0.717) is 18.0 Å². The van der Waals surface area contributed by atoms with Crippen molar-refractivity contribution in [3.05, 3.63) is 66.1 Å². The molecule has 0 saturated heterocycles. The van der Waals surface area contributed by atoms with Gasteiger partial charge in [0.2, 0.25) is 12.3 Å². The summed E-state index contributed by atoms with van der Waals surface area (Å²) < 4.78 is 31.2. The largest absolute Gasteiger partial charge is 0.423 e. The van der Waals surface area contributed by atoms with Crippen molar-refractivity contribution in [1.29, 1.82) is 0 Å². The second kappa shape index (κ2) is 5.70. The van der Waals surface area contributed by atoms with Crippen LogP contribution in [0.15, 0.2) is 53.3 Å². The SMILES string of the molecule is Fc1cc(F)cc(CNc2ccc(-c3nnco3)cc2)c1. The van der Waals surface area contributed by atoms with Crippen LogP contribution in [0.25, 0.3) is 11.5 Å². The second-order valence-corrected chi connectivity index (χ2v) is 4.45. The van der Waals surface area contributed by atoms with Gasteiger partial charge in [0.1, 0.15) is 11.6 Å². The van der Waals surface area contributed by atoms with Gasteiger partial charge in [0.15, 0.2) is 0 Å². The smallest absolute Gasteiger partial charge is 0.247 e. The van der Waals surface area contributed by atoms with Gasteiger partial charge in [-0.2, -0.15) is 0 Å². The van der Waals surface area contributed by atoms with Crippen molar-refractivity contribution in [2.75, 3.05) is 5.32 Å². The van der Waals surface area contributed by atoms with E-state index in [2.05, 4.69) is 15.5 Å². The van der Waals surface area contributed by atoms with Gasteiger partial charge in [0, 0.05) is 23.9 Å². The summed E-state index contributed by atoms with van der Waals surface area (Å²) in [4.78, 5) is 0. The molecule has 1 N–H and O–H groups in total. The van der Waals surface area contributed by atoms with Crippen molar-refractivity contribution in [1.82, 2.24) is 10.2 Å². The Kier molecular flexibility index (Phi) is 3.59. The van der Waals surface area contributed by atoms with Crippen LogP contribution in [0.3, 0.4) is 0 Å². The number of nitrogens with one attached hydrogen (secondary N) is 1. The zero-order valence-corrected chi connectivity index (χ0v) is 10.9. The van der Waals surface area contributed by atoms with Crippen LogP contribution >= 0.6 is 0 Å². The Morgan fingerprint density at radius 3 is 2.33 bits per heavy atom. The van der Waals surface area contributed by atoms with Gasteiger partial charge < -0.3 is 9.73 Å². The van der Waals surface area contributed by atoms with Crippen LogP contribution in [-0.2, 0) is 6.54 Å². The summed E-state index contributed by atoms with van der Waals surface area (Å²) in [5.41, 5.74) is 2.16. The highest BCUT2D eigenvalue weighted by atomic mass is 19.1. The molecule has 2 aromatic carbocycles. The number of halogens is 2. The first-order valence-corrected chi connectivity index (χ1v) is 6.26. The molecular weight excluding hydrogens is 276 g/mol. The zero-order valence-electron chi connectivity index (χ0n) is 10.9. The van der Waals surface area contributed by atoms with E-state index in [9.17, 15) is 8.78 Å². The van der Waals surface area contributed by atoms with E-state index in [1.165, 1.54) is 18.5 Å². The molecule has 4 nitrogen and oxygen atoms in total. The third kappa shape index (κ3) is 3.22. The van der Waals surface area contributed by atoms with Crippen LogP contribution in [0.5, 0.6) is 0 Å². The third-order valence-corrected chi connectivity index (χ3v) is 2.91. The summed E-state index contributed by atoms with van der Waals surface area (Å²) >= 11 is 0. The van der Waals surface area contributed by atoms with Crippen molar-refractivity contribution in [2.45, 2.75) is 6.54 Å². The molecule has 0 spiro atoms. The van der Waals surface area contributed by atoms with Gasteiger partial charge in [-0.05, 0) is 42.0 Å². The van der Waals surface area contributed by atoms with E-state index in [4.69, 9.17) is 4.42 Å². The first kappa shape index (κ1) is 13.2. The molecule has 1 aromatic heterocycles. The fourth-order valence-electron chi connectivity index (χ4n) is 1.95. The minimum Gasteiger partial charge on any atom is -0.423 e. The average Bonchev–Trinajstić information content (AvgIpc) is 2.99. The Bertz CT molecular complexity index is 707. The van der Waals surface area contributed by atoms with Crippen molar-refractivity contribution in [2.24, 2.45) is 0 Å². The Labute approximate surface area is 119 Å². The predicted molar refractivity (Wildman–Crippen MR) is 73.4 cm³/mol. The van der Waals surface area contributed by atoms with Gasteiger partial charge in [-0.25, -0.2) is 8.78 Å². The standard InChI is InChI=1S/C15H11F2N3O/c16-12-5-10(6-13(17)7-12)8-18-14-3-1-11(2-4-14)15-20-19-9-21-15/h1-7,9,18H,8H2. The summed E-state index contributed by atoms with van der Waals surface area (Å²) in [6.45, 7) is 0.328. The molecule has 0 amide bonds. The maximum absolute atomic E-state index is 13.1. The summed E-state index contributed by atoms with van der Waals surface area (Å²) in [6, 6.07) is 10.7. The van der Waals surface area contributed by atoms with Gasteiger partial charge in [0.05, 0.1) is 0 Å². The Hall–Kier alpha value is -2.76. The molecular formula is C15H11F2N3O. The number of hydrogen-bond donors (Lipinski definition) is 1. The molecule has 0 fully saturated rings. The van der Waals surface area contributed by atoms with E-state index in [-0.39, 0.29) is 0 Å². The molecule has 0 aliphatic rings. The van der Waals surface area contributed by atoms with Gasteiger partial charge in [0.25, 0.3) is 0 Å². The molecule has 0 unspecified atom stereocenters. The Morgan fingerprint density at radius 2 is 1.71 bits per heavy atom. The number of anilines is 1. The fourth-order valence-corrected chi connectivity index (χ4v) is 1.95. The minimum atomic E-state index is -0.585. The van der Waals surface area contributed by atoms with Gasteiger partial charge in [-0.3, -0.25) is 0 Å². The number of benzene rings is 2.